The number of hydrogen-bond acceptors (Lipinski definition) is 3. The molecule has 1 aromatic rings. The largest absolute Gasteiger partial charge is 0.477 e. The number of carboxylic acids is 1. The Morgan fingerprint density at radius 3 is 2.65 bits per heavy atom. The summed E-state index contributed by atoms with van der Waals surface area (Å²) >= 11 is 0.683. The Morgan fingerprint density at radius 1 is 1.45 bits per heavy atom. The molecule has 0 saturated heterocycles. The van der Waals surface area contributed by atoms with Crippen LogP contribution in [-0.4, -0.2) is 16.1 Å². The second-order valence-corrected chi connectivity index (χ2v) is 6.20. The Labute approximate surface area is 118 Å². The van der Waals surface area contributed by atoms with E-state index in [-0.39, 0.29) is 5.92 Å². The highest BCUT2D eigenvalue weighted by molar-refractivity contribution is 7.13. The van der Waals surface area contributed by atoms with Crippen LogP contribution in [0, 0.1) is 5.92 Å². The van der Waals surface area contributed by atoms with Crippen molar-refractivity contribution in [3.8, 4) is 0 Å². The lowest BCUT2D eigenvalue weighted by Gasteiger charge is -2.26. The molecule has 1 saturated carbocycles. The summed E-state index contributed by atoms with van der Waals surface area (Å²) in [5.74, 6) is -1.09. The number of carbonyl (C=O) groups is 1. The van der Waals surface area contributed by atoms with Crippen LogP contribution in [0.4, 0.5) is 13.2 Å². The molecule has 7 heteroatoms. The van der Waals surface area contributed by atoms with Crippen LogP contribution < -0.4 is 0 Å². The van der Waals surface area contributed by atoms with E-state index in [0.29, 0.717) is 22.3 Å². The zero-order valence-electron chi connectivity index (χ0n) is 11.0. The molecule has 1 heterocycles. The van der Waals surface area contributed by atoms with Crippen LogP contribution in [0.3, 0.4) is 0 Å². The lowest BCUT2D eigenvalue weighted by Crippen LogP contribution is -2.14. The Hall–Kier alpha value is -1.11. The molecule has 1 aliphatic rings. The van der Waals surface area contributed by atoms with Gasteiger partial charge in [0.05, 0.1) is 5.01 Å². The molecular formula is C13H16F3NO2S. The molecule has 1 fully saturated rings. The zero-order chi connectivity index (χ0) is 14.9. The standard InChI is InChI=1S/C13H16F3NO2S/c1-2-7-4-3-5-8(6-7)11-17-10(13(14,15)16)9(20-11)12(18)19/h7-8H,2-6H2,1H3,(H,18,19). The third-order valence-electron chi connectivity index (χ3n) is 3.82. The van der Waals surface area contributed by atoms with Gasteiger partial charge in [-0.15, -0.1) is 11.3 Å². The van der Waals surface area contributed by atoms with Crippen LogP contribution in [0.25, 0.3) is 0 Å². The summed E-state index contributed by atoms with van der Waals surface area (Å²) in [5, 5.41) is 9.24. The predicted molar refractivity (Wildman–Crippen MR) is 69.1 cm³/mol. The average Bonchev–Trinajstić information content (AvgIpc) is 2.84. The third-order valence-corrected chi connectivity index (χ3v) is 5.02. The normalized spacial score (nSPS) is 23.8. The molecule has 20 heavy (non-hydrogen) atoms. The number of hydrogen-bond donors (Lipinski definition) is 1. The van der Waals surface area contributed by atoms with Gasteiger partial charge < -0.3 is 5.11 Å². The quantitative estimate of drug-likeness (QED) is 0.891. The molecule has 0 bridgehead atoms. The molecule has 0 aromatic carbocycles. The van der Waals surface area contributed by atoms with Crippen molar-refractivity contribution in [3.63, 3.8) is 0 Å². The highest BCUT2D eigenvalue weighted by Gasteiger charge is 2.40. The first-order valence-corrected chi connectivity index (χ1v) is 7.45. The smallest absolute Gasteiger partial charge is 0.435 e. The van der Waals surface area contributed by atoms with Crippen LogP contribution in [-0.2, 0) is 6.18 Å². The number of alkyl halides is 3. The number of halogens is 3. The van der Waals surface area contributed by atoms with Gasteiger partial charge in [-0.2, -0.15) is 13.2 Å². The lowest BCUT2D eigenvalue weighted by atomic mass is 9.80. The molecule has 0 aliphatic heterocycles. The monoisotopic (exact) mass is 307 g/mol. The van der Waals surface area contributed by atoms with Crippen molar-refractivity contribution in [3.05, 3.63) is 15.6 Å². The maximum Gasteiger partial charge on any atom is 0.435 e. The lowest BCUT2D eigenvalue weighted by molar-refractivity contribution is -0.141. The van der Waals surface area contributed by atoms with Crippen molar-refractivity contribution in [2.75, 3.05) is 0 Å². The predicted octanol–water partition coefficient (Wildman–Crippen LogP) is 4.54. The van der Waals surface area contributed by atoms with Crippen molar-refractivity contribution < 1.29 is 23.1 Å². The molecule has 1 N–H and O–H groups in total. The SMILES string of the molecule is CCC1CCCC(c2nc(C(F)(F)F)c(C(=O)O)s2)C1. The first kappa shape index (κ1) is 15.3. The minimum atomic E-state index is -4.71. The highest BCUT2D eigenvalue weighted by Crippen LogP contribution is 2.42. The van der Waals surface area contributed by atoms with Crippen LogP contribution in [0.1, 0.15) is 65.3 Å². The summed E-state index contributed by atoms with van der Waals surface area (Å²) in [6, 6.07) is 0. The van der Waals surface area contributed by atoms with Crippen molar-refractivity contribution in [1.82, 2.24) is 4.98 Å². The second kappa shape index (κ2) is 5.71. The summed E-state index contributed by atoms with van der Waals surface area (Å²) in [6.45, 7) is 2.07. The summed E-state index contributed by atoms with van der Waals surface area (Å²) in [7, 11) is 0. The fraction of sp³-hybridized carbons (Fsp3) is 0.692. The van der Waals surface area contributed by atoms with Crippen molar-refractivity contribution in [2.45, 2.75) is 51.1 Å². The van der Waals surface area contributed by atoms with Gasteiger partial charge in [-0.05, 0) is 18.8 Å². The Bertz CT molecular complexity index is 498. The van der Waals surface area contributed by atoms with Crippen LogP contribution in [0.5, 0.6) is 0 Å². The van der Waals surface area contributed by atoms with E-state index in [0.717, 1.165) is 32.1 Å². The van der Waals surface area contributed by atoms with E-state index in [9.17, 15) is 18.0 Å². The van der Waals surface area contributed by atoms with Crippen LogP contribution in [0.2, 0.25) is 0 Å². The van der Waals surface area contributed by atoms with E-state index < -0.39 is 22.7 Å². The minimum absolute atomic E-state index is 0.0344. The molecule has 0 spiro atoms. The van der Waals surface area contributed by atoms with E-state index in [1.54, 1.807) is 0 Å². The van der Waals surface area contributed by atoms with Gasteiger partial charge in [-0.3, -0.25) is 0 Å². The molecule has 1 aliphatic carbocycles. The van der Waals surface area contributed by atoms with E-state index in [4.69, 9.17) is 5.11 Å². The number of nitrogens with zero attached hydrogens (tertiary/aromatic N) is 1. The van der Waals surface area contributed by atoms with E-state index in [1.807, 2.05) is 0 Å². The van der Waals surface area contributed by atoms with Gasteiger partial charge in [-0.25, -0.2) is 9.78 Å². The maximum atomic E-state index is 12.8. The molecule has 2 unspecified atom stereocenters. The van der Waals surface area contributed by atoms with Gasteiger partial charge in [-0.1, -0.05) is 26.2 Å². The molecule has 2 atom stereocenters. The molecule has 0 radical (unpaired) electrons. The second-order valence-electron chi connectivity index (χ2n) is 5.17. The number of aromatic nitrogens is 1. The number of rotatable bonds is 3. The first-order valence-electron chi connectivity index (χ1n) is 6.64. The van der Waals surface area contributed by atoms with Gasteiger partial charge in [0.1, 0.15) is 4.88 Å². The Kier molecular flexibility index (Phi) is 4.36. The van der Waals surface area contributed by atoms with E-state index in [1.165, 1.54) is 0 Å². The fourth-order valence-electron chi connectivity index (χ4n) is 2.73. The Balaban J connectivity index is 2.31. The van der Waals surface area contributed by atoms with Gasteiger partial charge in [0, 0.05) is 5.92 Å². The minimum Gasteiger partial charge on any atom is -0.477 e. The average molecular weight is 307 g/mol. The van der Waals surface area contributed by atoms with Crippen molar-refractivity contribution in [1.29, 1.82) is 0 Å². The van der Waals surface area contributed by atoms with Gasteiger partial charge in [0.2, 0.25) is 0 Å². The topological polar surface area (TPSA) is 50.2 Å². The number of aromatic carboxylic acids is 1. The van der Waals surface area contributed by atoms with Crippen molar-refractivity contribution in [2.24, 2.45) is 5.92 Å². The third kappa shape index (κ3) is 3.13. The molecule has 0 amide bonds. The van der Waals surface area contributed by atoms with Crippen LogP contribution in [0.15, 0.2) is 0 Å². The molecule has 112 valence electrons. The highest BCUT2D eigenvalue weighted by atomic mass is 32.1. The molecule has 3 nitrogen and oxygen atoms in total. The van der Waals surface area contributed by atoms with Gasteiger partial charge in [0.15, 0.2) is 5.69 Å². The molecular weight excluding hydrogens is 291 g/mol. The summed E-state index contributed by atoms with van der Waals surface area (Å²) in [5.41, 5.74) is -1.25. The Morgan fingerprint density at radius 2 is 2.15 bits per heavy atom. The number of thiazole rings is 1. The molecule has 2 rings (SSSR count). The summed E-state index contributed by atoms with van der Waals surface area (Å²) in [6.07, 6.45) is -0.0510. The van der Waals surface area contributed by atoms with E-state index in [2.05, 4.69) is 11.9 Å². The van der Waals surface area contributed by atoms with Gasteiger partial charge >= 0.3 is 12.1 Å². The molecule has 1 aromatic heterocycles. The summed E-state index contributed by atoms with van der Waals surface area (Å²) < 4.78 is 38.4. The maximum absolute atomic E-state index is 12.8. The fourth-order valence-corrected chi connectivity index (χ4v) is 3.81. The summed E-state index contributed by atoms with van der Waals surface area (Å²) in [4.78, 5) is 13.9. The zero-order valence-corrected chi connectivity index (χ0v) is 11.9. The van der Waals surface area contributed by atoms with Crippen molar-refractivity contribution >= 4 is 17.3 Å². The number of carboxylic acid groups (broad SMARTS) is 1. The van der Waals surface area contributed by atoms with Gasteiger partial charge in [0.25, 0.3) is 0 Å². The van der Waals surface area contributed by atoms with Crippen LogP contribution >= 0.6 is 11.3 Å². The first-order chi connectivity index (χ1) is 9.32. The van der Waals surface area contributed by atoms with E-state index >= 15 is 0 Å².